The molecule has 1 amide bonds. The predicted octanol–water partition coefficient (Wildman–Crippen LogP) is 2.25. The molecule has 0 saturated heterocycles. The van der Waals surface area contributed by atoms with Gasteiger partial charge in [0.15, 0.2) is 5.78 Å². The summed E-state index contributed by atoms with van der Waals surface area (Å²) in [5, 5.41) is 12.1. The van der Waals surface area contributed by atoms with Gasteiger partial charge in [-0.05, 0) is 43.2 Å². The zero-order valence-electron chi connectivity index (χ0n) is 16.7. The van der Waals surface area contributed by atoms with E-state index in [1.54, 1.807) is 31.2 Å². The van der Waals surface area contributed by atoms with Crippen LogP contribution in [0, 0.1) is 6.92 Å². The molecule has 8 heteroatoms. The maximum Gasteiger partial charge on any atom is 0.237 e. The van der Waals surface area contributed by atoms with E-state index >= 15 is 0 Å². The molecule has 0 saturated carbocycles. The van der Waals surface area contributed by atoms with Crippen LogP contribution in [0.1, 0.15) is 21.7 Å². The molecule has 0 aliphatic rings. The third kappa shape index (κ3) is 5.77. The van der Waals surface area contributed by atoms with Gasteiger partial charge in [0, 0.05) is 12.3 Å². The summed E-state index contributed by atoms with van der Waals surface area (Å²) >= 11 is 1.43. The van der Waals surface area contributed by atoms with Gasteiger partial charge in [0.2, 0.25) is 5.91 Å². The molecule has 4 N–H and O–H groups in total. The van der Waals surface area contributed by atoms with Gasteiger partial charge in [-0.15, -0.1) is 0 Å². The van der Waals surface area contributed by atoms with E-state index < -0.39 is 6.04 Å². The molecule has 1 atom stereocenters. The second kappa shape index (κ2) is 10.2. The van der Waals surface area contributed by atoms with E-state index in [0.717, 1.165) is 11.1 Å². The molecule has 1 heterocycles. The molecule has 3 aromatic rings. The molecule has 0 radical (unpaired) electrons. The molecule has 0 spiro atoms. The highest BCUT2D eigenvalue weighted by Crippen LogP contribution is 2.14. The van der Waals surface area contributed by atoms with Gasteiger partial charge in [-0.25, -0.2) is 9.97 Å². The van der Waals surface area contributed by atoms with Crippen molar-refractivity contribution in [1.82, 2.24) is 15.3 Å². The first kappa shape index (κ1) is 21.7. The van der Waals surface area contributed by atoms with Crippen molar-refractivity contribution in [2.45, 2.75) is 19.4 Å². The number of hydrogen-bond acceptors (Lipinski definition) is 7. The summed E-state index contributed by atoms with van der Waals surface area (Å²) in [6, 6.07) is 13.4. The first-order valence-electron chi connectivity index (χ1n) is 9.59. The van der Waals surface area contributed by atoms with Gasteiger partial charge in [0.1, 0.15) is 11.4 Å². The average molecular weight is 425 g/mol. The number of amides is 1. The van der Waals surface area contributed by atoms with Gasteiger partial charge >= 0.3 is 0 Å². The van der Waals surface area contributed by atoms with Gasteiger partial charge < -0.3 is 16.2 Å². The molecule has 0 fully saturated rings. The highest BCUT2D eigenvalue weighted by molar-refractivity contribution is 8.00. The van der Waals surface area contributed by atoms with Crippen LogP contribution in [0.25, 0.3) is 11.0 Å². The van der Waals surface area contributed by atoms with Crippen LogP contribution in [0.15, 0.2) is 48.5 Å². The lowest BCUT2D eigenvalue weighted by molar-refractivity contribution is -0.122. The van der Waals surface area contributed by atoms with Crippen molar-refractivity contribution in [2.75, 3.05) is 18.1 Å². The maximum atomic E-state index is 12.5. The number of Topliss-reactive ketones (excluding diaryl/α,β-unsaturated/α-hetero) is 1. The van der Waals surface area contributed by atoms with Crippen LogP contribution in [-0.4, -0.2) is 50.9 Å². The van der Waals surface area contributed by atoms with Crippen LogP contribution in [-0.2, 0) is 11.2 Å². The zero-order valence-corrected chi connectivity index (χ0v) is 17.5. The van der Waals surface area contributed by atoms with Crippen molar-refractivity contribution in [2.24, 2.45) is 5.73 Å². The lowest BCUT2D eigenvalue weighted by Gasteiger charge is -2.12. The normalized spacial score (nSPS) is 11.9. The van der Waals surface area contributed by atoms with Gasteiger partial charge in [-0.2, -0.15) is 11.8 Å². The Morgan fingerprint density at radius 1 is 1.10 bits per heavy atom. The number of hydrogen-bond donors (Lipinski definition) is 3. The molecule has 0 aliphatic heterocycles. The summed E-state index contributed by atoms with van der Waals surface area (Å²) in [7, 11) is 0. The van der Waals surface area contributed by atoms with E-state index in [1.807, 2.05) is 24.3 Å². The Labute approximate surface area is 179 Å². The fourth-order valence-electron chi connectivity index (χ4n) is 2.94. The number of para-hydroxylation sites is 2. The molecule has 156 valence electrons. The fourth-order valence-corrected chi connectivity index (χ4v) is 3.65. The molecule has 2 aromatic carbocycles. The number of nitrogens with zero attached hydrogens (tertiary/aromatic N) is 2. The molecule has 30 heavy (non-hydrogen) atoms. The van der Waals surface area contributed by atoms with Crippen molar-refractivity contribution < 1.29 is 14.7 Å². The number of aryl methyl sites for hydroxylation is 1. The van der Waals surface area contributed by atoms with Gasteiger partial charge in [0.25, 0.3) is 0 Å². The number of benzene rings is 2. The van der Waals surface area contributed by atoms with E-state index in [-0.39, 0.29) is 23.2 Å². The van der Waals surface area contributed by atoms with Gasteiger partial charge in [0.05, 0.1) is 28.5 Å². The maximum absolute atomic E-state index is 12.5. The summed E-state index contributed by atoms with van der Waals surface area (Å²) < 4.78 is 0. The number of fused-ring (bicyclic) bond motifs is 1. The largest absolute Gasteiger partial charge is 0.508 e. The van der Waals surface area contributed by atoms with Crippen LogP contribution in [0.3, 0.4) is 0 Å². The van der Waals surface area contributed by atoms with Crippen molar-refractivity contribution in [3.05, 3.63) is 65.5 Å². The molecule has 0 aliphatic carbocycles. The Morgan fingerprint density at radius 2 is 1.77 bits per heavy atom. The minimum Gasteiger partial charge on any atom is -0.508 e. The Kier molecular flexibility index (Phi) is 7.37. The molecule has 3 rings (SSSR count). The quantitative estimate of drug-likeness (QED) is 0.356. The number of aromatic hydroxyl groups is 1. The van der Waals surface area contributed by atoms with E-state index in [0.29, 0.717) is 35.6 Å². The highest BCUT2D eigenvalue weighted by Gasteiger charge is 2.15. The fraction of sp³-hybridized carbons (Fsp3) is 0.273. The molecule has 1 aromatic heterocycles. The smallest absolute Gasteiger partial charge is 0.237 e. The lowest BCUT2D eigenvalue weighted by Crippen LogP contribution is -2.42. The molecule has 0 bridgehead atoms. The number of carbonyl (C=O) groups is 2. The van der Waals surface area contributed by atoms with Crippen molar-refractivity contribution in [3.8, 4) is 5.75 Å². The average Bonchev–Trinajstić information content (AvgIpc) is 2.74. The summed E-state index contributed by atoms with van der Waals surface area (Å²) in [6.07, 6.45) is 0.387. The molecular formula is C22H24N4O3S. The second-order valence-corrected chi connectivity index (χ2v) is 8.00. The standard InChI is InChI=1S/C22H24N4O3S/c1-14-21(26-19-5-3-2-4-18(19)25-14)20(28)13-30-11-10-24-22(29)17(23)12-15-6-8-16(27)9-7-15/h2-9,17,27H,10-13,23H2,1H3,(H,24,29)/t17-/m0/s1. The number of phenols is 1. The number of phenolic OH excluding ortho intramolecular Hbond substituents is 1. The Morgan fingerprint density at radius 3 is 2.47 bits per heavy atom. The van der Waals surface area contributed by atoms with Crippen LogP contribution < -0.4 is 11.1 Å². The third-order valence-electron chi connectivity index (χ3n) is 4.52. The molecule has 0 unspecified atom stereocenters. The van der Waals surface area contributed by atoms with Crippen LogP contribution >= 0.6 is 11.8 Å². The van der Waals surface area contributed by atoms with E-state index in [4.69, 9.17) is 5.73 Å². The number of rotatable bonds is 9. The first-order chi connectivity index (χ1) is 14.4. The SMILES string of the molecule is Cc1nc2ccccc2nc1C(=O)CSCCNC(=O)[C@@H](N)Cc1ccc(O)cc1. The zero-order chi connectivity index (χ0) is 21.5. The predicted molar refractivity (Wildman–Crippen MR) is 119 cm³/mol. The number of ketones is 1. The number of thioether (sulfide) groups is 1. The molecular weight excluding hydrogens is 400 g/mol. The monoisotopic (exact) mass is 424 g/mol. The van der Waals surface area contributed by atoms with Crippen LogP contribution in [0.5, 0.6) is 5.75 Å². The highest BCUT2D eigenvalue weighted by atomic mass is 32.2. The molecule has 7 nitrogen and oxygen atoms in total. The minimum atomic E-state index is -0.670. The van der Waals surface area contributed by atoms with Crippen molar-refractivity contribution >= 4 is 34.5 Å². The summed E-state index contributed by atoms with van der Waals surface area (Å²) in [5.74, 6) is 0.706. The minimum absolute atomic E-state index is 0.0777. The van der Waals surface area contributed by atoms with Crippen LogP contribution in [0.2, 0.25) is 0 Å². The summed E-state index contributed by atoms with van der Waals surface area (Å²) in [5.41, 5.74) is 9.29. The van der Waals surface area contributed by atoms with Crippen molar-refractivity contribution in [3.63, 3.8) is 0 Å². The number of nitrogens with one attached hydrogen (secondary N) is 1. The van der Waals surface area contributed by atoms with Crippen LogP contribution in [0.4, 0.5) is 0 Å². The number of aromatic nitrogens is 2. The Hall–Kier alpha value is -2.97. The number of nitrogens with two attached hydrogens (primary N) is 1. The van der Waals surface area contributed by atoms with E-state index in [2.05, 4.69) is 15.3 Å². The van der Waals surface area contributed by atoms with Gasteiger partial charge in [-0.3, -0.25) is 9.59 Å². The summed E-state index contributed by atoms with van der Waals surface area (Å²) in [6.45, 7) is 2.20. The van der Waals surface area contributed by atoms with Crippen molar-refractivity contribution in [1.29, 1.82) is 0 Å². The third-order valence-corrected chi connectivity index (χ3v) is 5.48. The Balaban J connectivity index is 1.41. The van der Waals surface area contributed by atoms with Gasteiger partial charge in [-0.1, -0.05) is 24.3 Å². The van der Waals surface area contributed by atoms with E-state index in [9.17, 15) is 14.7 Å². The van der Waals surface area contributed by atoms with E-state index in [1.165, 1.54) is 11.8 Å². The lowest BCUT2D eigenvalue weighted by atomic mass is 10.1. The first-order valence-corrected chi connectivity index (χ1v) is 10.7. The number of carbonyl (C=O) groups excluding carboxylic acids is 2. The Bertz CT molecular complexity index is 1040. The second-order valence-electron chi connectivity index (χ2n) is 6.89. The summed E-state index contributed by atoms with van der Waals surface area (Å²) in [4.78, 5) is 33.5. The topological polar surface area (TPSA) is 118 Å².